The second-order valence-corrected chi connectivity index (χ2v) is 4.05. The Labute approximate surface area is 117 Å². The third-order valence-electron chi connectivity index (χ3n) is 2.95. The van der Waals surface area contributed by atoms with E-state index in [4.69, 9.17) is 4.74 Å². The van der Waals surface area contributed by atoms with Gasteiger partial charge in [-0.15, -0.1) is 12.4 Å². The summed E-state index contributed by atoms with van der Waals surface area (Å²) >= 11 is 0. The predicted octanol–water partition coefficient (Wildman–Crippen LogP) is 2.34. The number of benzene rings is 1. The topological polar surface area (TPSA) is 51.5 Å². The Kier molecular flexibility index (Phi) is 5.01. The number of aromatic hydroxyl groups is 1. The second kappa shape index (κ2) is 6.29. The molecule has 0 saturated carbocycles. The number of ether oxygens (including phenoxy) is 1. The molecule has 1 aromatic heterocycles. The Balaban J connectivity index is 0.00000180. The van der Waals surface area contributed by atoms with Crippen LogP contribution in [0.4, 0.5) is 0 Å². The van der Waals surface area contributed by atoms with Gasteiger partial charge in [0.25, 0.3) is 0 Å². The molecule has 0 unspecified atom stereocenters. The molecule has 1 aromatic carbocycles. The van der Waals surface area contributed by atoms with Crippen LogP contribution in [0, 0.1) is 6.92 Å². The molecule has 0 amide bonds. The lowest BCUT2D eigenvalue weighted by Gasteiger charge is -2.13. The molecule has 5 heteroatoms. The second-order valence-electron chi connectivity index (χ2n) is 4.05. The van der Waals surface area contributed by atoms with E-state index >= 15 is 0 Å². The maximum absolute atomic E-state index is 11.3. The minimum absolute atomic E-state index is 0. The summed E-state index contributed by atoms with van der Waals surface area (Å²) in [6.07, 6.45) is 1.67. The fourth-order valence-electron chi connectivity index (χ4n) is 1.85. The minimum atomic E-state index is -0.358. The van der Waals surface area contributed by atoms with E-state index in [0.717, 1.165) is 11.3 Å². The zero-order chi connectivity index (χ0) is 13.1. The SMILES string of the molecule is COc1ccccc1Cn1ccc(=O)c(O)c1C.Cl. The van der Waals surface area contributed by atoms with Crippen molar-refractivity contribution in [2.75, 3.05) is 7.11 Å². The lowest BCUT2D eigenvalue weighted by atomic mass is 10.2. The first-order chi connectivity index (χ1) is 8.63. The first-order valence-electron chi connectivity index (χ1n) is 5.64. The van der Waals surface area contributed by atoms with Gasteiger partial charge in [-0.25, -0.2) is 0 Å². The van der Waals surface area contributed by atoms with Gasteiger partial charge in [0.2, 0.25) is 5.43 Å². The molecule has 0 aliphatic rings. The summed E-state index contributed by atoms with van der Waals surface area (Å²) in [7, 11) is 1.62. The molecule has 2 rings (SSSR count). The van der Waals surface area contributed by atoms with Gasteiger partial charge >= 0.3 is 0 Å². The molecule has 0 atom stereocenters. The first-order valence-corrected chi connectivity index (χ1v) is 5.64. The van der Waals surface area contributed by atoms with Crippen molar-refractivity contribution in [1.29, 1.82) is 0 Å². The number of rotatable bonds is 3. The maximum Gasteiger partial charge on any atom is 0.223 e. The number of aromatic nitrogens is 1. The van der Waals surface area contributed by atoms with Gasteiger partial charge in [-0.3, -0.25) is 4.79 Å². The Bertz CT molecular complexity index is 622. The Morgan fingerprint density at radius 1 is 1.26 bits per heavy atom. The summed E-state index contributed by atoms with van der Waals surface area (Å²) in [5.74, 6) is 0.586. The standard InChI is InChI=1S/C14H15NO3.ClH/c1-10-14(17)12(16)7-8-15(10)9-11-5-3-4-6-13(11)18-2;/h3-8,17H,9H2,1-2H3;1H. The number of para-hydroxylation sites is 1. The quantitative estimate of drug-likeness (QED) is 0.939. The third kappa shape index (κ3) is 3.09. The fourth-order valence-corrected chi connectivity index (χ4v) is 1.85. The average Bonchev–Trinajstić information content (AvgIpc) is 2.40. The molecule has 0 aliphatic heterocycles. The number of pyridine rings is 1. The molecule has 102 valence electrons. The van der Waals surface area contributed by atoms with Gasteiger partial charge in [0, 0.05) is 17.8 Å². The third-order valence-corrected chi connectivity index (χ3v) is 2.95. The highest BCUT2D eigenvalue weighted by Crippen LogP contribution is 2.20. The van der Waals surface area contributed by atoms with Crippen LogP contribution < -0.4 is 10.2 Å². The van der Waals surface area contributed by atoms with Gasteiger partial charge < -0.3 is 14.4 Å². The maximum atomic E-state index is 11.3. The van der Waals surface area contributed by atoms with Crippen molar-refractivity contribution in [1.82, 2.24) is 4.57 Å². The molecular formula is C14H16ClNO3. The van der Waals surface area contributed by atoms with Crippen molar-refractivity contribution in [2.24, 2.45) is 0 Å². The predicted molar refractivity (Wildman–Crippen MR) is 76.4 cm³/mol. The van der Waals surface area contributed by atoms with Gasteiger partial charge in [0.05, 0.1) is 19.3 Å². The van der Waals surface area contributed by atoms with Crippen LogP contribution in [0.25, 0.3) is 0 Å². The summed E-state index contributed by atoms with van der Waals surface area (Å²) < 4.78 is 7.09. The van der Waals surface area contributed by atoms with Crippen LogP contribution in [-0.2, 0) is 6.54 Å². The van der Waals surface area contributed by atoms with Crippen LogP contribution in [0.2, 0.25) is 0 Å². The van der Waals surface area contributed by atoms with Crippen LogP contribution in [0.3, 0.4) is 0 Å². The highest BCUT2D eigenvalue weighted by molar-refractivity contribution is 5.85. The van der Waals surface area contributed by atoms with Crippen molar-refractivity contribution in [3.8, 4) is 11.5 Å². The van der Waals surface area contributed by atoms with E-state index in [1.807, 2.05) is 28.8 Å². The van der Waals surface area contributed by atoms with Crippen LogP contribution in [0.15, 0.2) is 41.3 Å². The summed E-state index contributed by atoms with van der Waals surface area (Å²) in [6, 6.07) is 9.02. The minimum Gasteiger partial charge on any atom is -0.503 e. The van der Waals surface area contributed by atoms with Crippen LogP contribution >= 0.6 is 12.4 Å². The number of methoxy groups -OCH3 is 1. The molecule has 1 heterocycles. The number of halogens is 1. The molecule has 0 spiro atoms. The summed E-state index contributed by atoms with van der Waals surface area (Å²) in [6.45, 7) is 2.26. The van der Waals surface area contributed by atoms with Crippen LogP contribution in [-0.4, -0.2) is 16.8 Å². The average molecular weight is 282 g/mol. The molecule has 4 nitrogen and oxygen atoms in total. The van der Waals surface area contributed by atoms with Crippen molar-refractivity contribution >= 4 is 12.4 Å². The molecule has 2 aromatic rings. The first kappa shape index (κ1) is 15.1. The molecule has 19 heavy (non-hydrogen) atoms. The number of nitrogens with zero attached hydrogens (tertiary/aromatic N) is 1. The van der Waals surface area contributed by atoms with Crippen LogP contribution in [0.1, 0.15) is 11.3 Å². The lowest BCUT2D eigenvalue weighted by Crippen LogP contribution is -2.11. The molecule has 1 N–H and O–H groups in total. The number of hydrogen-bond donors (Lipinski definition) is 1. The molecule has 0 fully saturated rings. The Morgan fingerprint density at radius 2 is 1.95 bits per heavy atom. The van der Waals surface area contributed by atoms with E-state index in [0.29, 0.717) is 12.2 Å². The molecule has 0 bridgehead atoms. The van der Waals surface area contributed by atoms with Gasteiger partial charge in [-0.1, -0.05) is 18.2 Å². The van der Waals surface area contributed by atoms with Gasteiger partial charge in [0.1, 0.15) is 5.75 Å². The number of hydrogen-bond acceptors (Lipinski definition) is 3. The van der Waals surface area contributed by atoms with E-state index in [1.54, 1.807) is 20.2 Å². The van der Waals surface area contributed by atoms with Crippen molar-refractivity contribution < 1.29 is 9.84 Å². The zero-order valence-corrected chi connectivity index (χ0v) is 11.6. The Morgan fingerprint density at radius 3 is 2.63 bits per heavy atom. The van der Waals surface area contributed by atoms with Gasteiger partial charge in [0.15, 0.2) is 5.75 Å². The van der Waals surface area contributed by atoms with E-state index in [2.05, 4.69) is 0 Å². The lowest BCUT2D eigenvalue weighted by molar-refractivity contribution is 0.407. The Hall–Kier alpha value is -1.94. The van der Waals surface area contributed by atoms with Crippen molar-refractivity contribution in [2.45, 2.75) is 13.5 Å². The van der Waals surface area contributed by atoms with Gasteiger partial charge in [-0.2, -0.15) is 0 Å². The largest absolute Gasteiger partial charge is 0.503 e. The summed E-state index contributed by atoms with van der Waals surface area (Å²) in [5, 5.41) is 9.63. The van der Waals surface area contributed by atoms with E-state index < -0.39 is 0 Å². The summed E-state index contributed by atoms with van der Waals surface area (Å²) in [5.41, 5.74) is 1.18. The monoisotopic (exact) mass is 281 g/mol. The van der Waals surface area contributed by atoms with Gasteiger partial charge in [-0.05, 0) is 13.0 Å². The fraction of sp³-hybridized carbons (Fsp3) is 0.214. The zero-order valence-electron chi connectivity index (χ0n) is 10.8. The van der Waals surface area contributed by atoms with E-state index in [9.17, 15) is 9.90 Å². The molecule has 0 saturated heterocycles. The van der Waals surface area contributed by atoms with E-state index in [-0.39, 0.29) is 23.6 Å². The smallest absolute Gasteiger partial charge is 0.223 e. The molecule has 0 radical (unpaired) electrons. The van der Waals surface area contributed by atoms with Crippen molar-refractivity contribution in [3.05, 3.63) is 58.0 Å². The van der Waals surface area contributed by atoms with Crippen LogP contribution in [0.5, 0.6) is 11.5 Å². The normalized spacial score (nSPS) is 9.79. The van der Waals surface area contributed by atoms with Crippen molar-refractivity contribution in [3.63, 3.8) is 0 Å². The molecular weight excluding hydrogens is 266 g/mol. The molecule has 0 aliphatic carbocycles. The summed E-state index contributed by atoms with van der Waals surface area (Å²) in [4.78, 5) is 11.3. The highest BCUT2D eigenvalue weighted by Gasteiger charge is 2.07. The highest BCUT2D eigenvalue weighted by atomic mass is 35.5. The van der Waals surface area contributed by atoms with E-state index in [1.165, 1.54) is 6.07 Å².